The predicted molar refractivity (Wildman–Crippen MR) is 104 cm³/mol. The first-order valence-corrected chi connectivity index (χ1v) is 9.15. The van der Waals surface area contributed by atoms with Gasteiger partial charge < -0.3 is 4.74 Å². The molecule has 0 amide bonds. The molecule has 2 aromatic carbocycles. The number of carbonyl (C=O) groups excluding carboxylic acids is 1. The number of thiazole rings is 1. The number of aromatic nitrogens is 3. The molecule has 6 nitrogen and oxygen atoms in total. The normalized spacial score (nSPS) is 11.9. The summed E-state index contributed by atoms with van der Waals surface area (Å²) in [7, 11) is 0. The maximum absolute atomic E-state index is 12.6. The van der Waals surface area contributed by atoms with E-state index in [1.54, 1.807) is 42.5 Å². The zero-order chi connectivity index (χ0) is 19.0. The molecule has 4 rings (SSSR count). The molecule has 134 valence electrons. The molecular formula is C19H12ClN3O3S. The molecule has 0 spiro atoms. The van der Waals surface area contributed by atoms with Crippen LogP contribution in [0.25, 0.3) is 22.4 Å². The molecule has 0 saturated heterocycles. The molecule has 0 N–H and O–H groups in total. The van der Waals surface area contributed by atoms with Crippen molar-refractivity contribution in [3.8, 4) is 17.1 Å². The summed E-state index contributed by atoms with van der Waals surface area (Å²) >= 11 is 7.15. The molecule has 4 aromatic rings. The molecule has 0 saturated carbocycles. The average Bonchev–Trinajstić information content (AvgIpc) is 3.17. The Bertz CT molecular complexity index is 1240. The quantitative estimate of drug-likeness (QED) is 0.392. The molecule has 0 atom stereocenters. The van der Waals surface area contributed by atoms with Crippen molar-refractivity contribution in [3.63, 3.8) is 0 Å². The van der Waals surface area contributed by atoms with Gasteiger partial charge in [-0.05, 0) is 48.0 Å². The van der Waals surface area contributed by atoms with Crippen molar-refractivity contribution in [3.05, 3.63) is 74.0 Å². The third-order valence-electron chi connectivity index (χ3n) is 3.72. The fourth-order valence-electron chi connectivity index (χ4n) is 2.50. The van der Waals surface area contributed by atoms with Crippen molar-refractivity contribution >= 4 is 39.9 Å². The van der Waals surface area contributed by atoms with Gasteiger partial charge in [-0.15, -0.1) is 5.10 Å². The van der Waals surface area contributed by atoms with Gasteiger partial charge in [0.2, 0.25) is 4.96 Å². The maximum Gasteiger partial charge on any atom is 0.308 e. The fourth-order valence-corrected chi connectivity index (χ4v) is 3.54. The topological polar surface area (TPSA) is 73.6 Å². The summed E-state index contributed by atoms with van der Waals surface area (Å²) in [5.74, 6) is 0.556. The SMILES string of the molecule is CC(=O)Oc1ccc(/C=c2\sc3nc(-c4ccc(Cl)cc4)nn3c2=O)cc1. The van der Waals surface area contributed by atoms with Crippen LogP contribution in [0.5, 0.6) is 5.75 Å². The zero-order valence-electron chi connectivity index (χ0n) is 14.0. The van der Waals surface area contributed by atoms with Gasteiger partial charge in [0.05, 0.1) is 4.53 Å². The van der Waals surface area contributed by atoms with Crippen molar-refractivity contribution in [2.75, 3.05) is 0 Å². The van der Waals surface area contributed by atoms with Gasteiger partial charge in [-0.25, -0.2) is 0 Å². The Kier molecular flexibility index (Phi) is 4.47. The van der Waals surface area contributed by atoms with E-state index in [2.05, 4.69) is 10.1 Å². The third kappa shape index (κ3) is 3.60. The zero-order valence-corrected chi connectivity index (χ0v) is 15.6. The van der Waals surface area contributed by atoms with Gasteiger partial charge in [0.15, 0.2) is 5.82 Å². The van der Waals surface area contributed by atoms with E-state index in [9.17, 15) is 9.59 Å². The number of hydrogen-bond donors (Lipinski definition) is 0. The second kappa shape index (κ2) is 6.94. The van der Waals surface area contributed by atoms with Gasteiger partial charge in [-0.3, -0.25) is 9.59 Å². The Morgan fingerprint density at radius 1 is 1.15 bits per heavy atom. The van der Waals surface area contributed by atoms with Gasteiger partial charge in [0.1, 0.15) is 5.75 Å². The van der Waals surface area contributed by atoms with E-state index >= 15 is 0 Å². The molecule has 0 bridgehead atoms. The highest BCUT2D eigenvalue weighted by Crippen LogP contribution is 2.19. The van der Waals surface area contributed by atoms with E-state index in [0.29, 0.717) is 26.1 Å². The number of carbonyl (C=O) groups is 1. The monoisotopic (exact) mass is 397 g/mol. The number of esters is 1. The Morgan fingerprint density at radius 3 is 2.48 bits per heavy atom. The Labute approximate surface area is 162 Å². The lowest BCUT2D eigenvalue weighted by Crippen LogP contribution is -2.23. The molecule has 0 fully saturated rings. The Balaban J connectivity index is 1.69. The number of benzene rings is 2. The largest absolute Gasteiger partial charge is 0.427 e. The molecule has 0 unspecified atom stereocenters. The molecule has 27 heavy (non-hydrogen) atoms. The number of ether oxygens (including phenoxy) is 1. The summed E-state index contributed by atoms with van der Waals surface area (Å²) in [6.07, 6.45) is 1.75. The Hall–Kier alpha value is -3.03. The van der Waals surface area contributed by atoms with Crippen LogP contribution < -0.4 is 14.8 Å². The highest BCUT2D eigenvalue weighted by Gasteiger charge is 2.12. The lowest BCUT2D eigenvalue weighted by Gasteiger charge is -2.00. The summed E-state index contributed by atoms with van der Waals surface area (Å²) in [5.41, 5.74) is 1.37. The van der Waals surface area contributed by atoms with E-state index in [4.69, 9.17) is 16.3 Å². The van der Waals surface area contributed by atoms with Crippen LogP contribution in [0.1, 0.15) is 12.5 Å². The highest BCUT2D eigenvalue weighted by molar-refractivity contribution is 7.15. The number of fused-ring (bicyclic) bond motifs is 1. The first-order valence-electron chi connectivity index (χ1n) is 7.95. The lowest BCUT2D eigenvalue weighted by molar-refractivity contribution is -0.131. The van der Waals surface area contributed by atoms with E-state index in [0.717, 1.165) is 11.1 Å². The van der Waals surface area contributed by atoms with Crippen LogP contribution in [0.15, 0.2) is 53.3 Å². The molecule has 0 aliphatic heterocycles. The van der Waals surface area contributed by atoms with Crippen molar-refractivity contribution in [1.82, 2.24) is 14.6 Å². The standard InChI is InChI=1S/C19H12ClN3O3S/c1-11(24)26-15-8-2-12(3-9-15)10-16-18(25)23-19(27-16)21-17(22-23)13-4-6-14(20)7-5-13/h2-10H,1H3/b16-10-. The fraction of sp³-hybridized carbons (Fsp3) is 0.0526. The summed E-state index contributed by atoms with van der Waals surface area (Å²) in [6, 6.07) is 14.0. The van der Waals surface area contributed by atoms with Gasteiger partial charge in [-0.1, -0.05) is 35.1 Å². The van der Waals surface area contributed by atoms with Crippen molar-refractivity contribution in [1.29, 1.82) is 0 Å². The van der Waals surface area contributed by atoms with Crippen LogP contribution in [0, 0.1) is 0 Å². The second-order valence-electron chi connectivity index (χ2n) is 5.72. The molecular weight excluding hydrogens is 386 g/mol. The number of rotatable bonds is 3. The van der Waals surface area contributed by atoms with Crippen LogP contribution in [-0.2, 0) is 4.79 Å². The minimum atomic E-state index is -0.379. The van der Waals surface area contributed by atoms with Gasteiger partial charge in [0.25, 0.3) is 5.56 Å². The number of nitrogens with zero attached hydrogens (tertiary/aromatic N) is 3. The highest BCUT2D eigenvalue weighted by atomic mass is 35.5. The maximum atomic E-state index is 12.6. The molecule has 0 aliphatic rings. The smallest absolute Gasteiger partial charge is 0.308 e. The number of halogens is 1. The Morgan fingerprint density at radius 2 is 1.85 bits per heavy atom. The first kappa shape index (κ1) is 17.4. The number of hydrogen-bond acceptors (Lipinski definition) is 6. The molecule has 2 heterocycles. The van der Waals surface area contributed by atoms with Gasteiger partial charge >= 0.3 is 5.97 Å². The second-order valence-corrected chi connectivity index (χ2v) is 7.16. The van der Waals surface area contributed by atoms with E-state index < -0.39 is 0 Å². The summed E-state index contributed by atoms with van der Waals surface area (Å²) < 4.78 is 6.82. The van der Waals surface area contributed by atoms with Crippen LogP contribution in [0.2, 0.25) is 5.02 Å². The molecule has 0 radical (unpaired) electrons. The minimum Gasteiger partial charge on any atom is -0.427 e. The van der Waals surface area contributed by atoms with Gasteiger partial charge in [-0.2, -0.15) is 9.50 Å². The van der Waals surface area contributed by atoms with Gasteiger partial charge in [0, 0.05) is 17.5 Å². The van der Waals surface area contributed by atoms with E-state index in [1.165, 1.54) is 22.8 Å². The summed E-state index contributed by atoms with van der Waals surface area (Å²) in [4.78, 5) is 28.5. The minimum absolute atomic E-state index is 0.230. The molecule has 2 aromatic heterocycles. The molecule has 8 heteroatoms. The van der Waals surface area contributed by atoms with Crippen molar-refractivity contribution < 1.29 is 9.53 Å². The predicted octanol–water partition coefficient (Wildman–Crippen LogP) is 2.94. The summed E-state index contributed by atoms with van der Waals surface area (Å²) in [6.45, 7) is 1.34. The first-order chi connectivity index (χ1) is 13.0. The van der Waals surface area contributed by atoms with Crippen LogP contribution in [0.4, 0.5) is 0 Å². The molecule has 0 aliphatic carbocycles. The summed E-state index contributed by atoms with van der Waals surface area (Å²) in [5, 5.41) is 4.93. The van der Waals surface area contributed by atoms with E-state index in [1.807, 2.05) is 12.1 Å². The van der Waals surface area contributed by atoms with E-state index in [-0.39, 0.29) is 11.5 Å². The van der Waals surface area contributed by atoms with Crippen LogP contribution in [-0.4, -0.2) is 20.6 Å². The van der Waals surface area contributed by atoms with Crippen molar-refractivity contribution in [2.45, 2.75) is 6.92 Å². The van der Waals surface area contributed by atoms with Crippen LogP contribution in [0.3, 0.4) is 0 Å². The third-order valence-corrected chi connectivity index (χ3v) is 4.93. The average molecular weight is 398 g/mol. The lowest BCUT2D eigenvalue weighted by atomic mass is 10.2. The van der Waals surface area contributed by atoms with Crippen molar-refractivity contribution in [2.24, 2.45) is 0 Å². The van der Waals surface area contributed by atoms with Crippen LogP contribution >= 0.6 is 22.9 Å².